The fraction of sp³-hybridized carbons (Fsp3) is 0.500. The van der Waals surface area contributed by atoms with Crippen molar-refractivity contribution in [3.05, 3.63) is 47.5 Å². The molecule has 0 fully saturated rings. The van der Waals surface area contributed by atoms with Crippen LogP contribution in [-0.2, 0) is 26.7 Å². The van der Waals surface area contributed by atoms with E-state index in [1.54, 1.807) is 0 Å². The average Bonchev–Trinajstić information content (AvgIpc) is 2.82. The lowest BCUT2D eigenvalue weighted by molar-refractivity contribution is 0.314. The third kappa shape index (κ3) is 5.28. The average molecular weight is 287 g/mol. The second-order valence-corrected chi connectivity index (χ2v) is 5.85. The minimum atomic E-state index is 0.476. The summed E-state index contributed by atoms with van der Waals surface area (Å²) in [5.74, 6) is 0. The zero-order valence-electron chi connectivity index (χ0n) is 13.4. The molecule has 0 aromatic carbocycles. The summed E-state index contributed by atoms with van der Waals surface area (Å²) in [6.45, 7) is 6.82. The van der Waals surface area contributed by atoms with Crippen molar-refractivity contribution in [1.82, 2.24) is 25.0 Å². The van der Waals surface area contributed by atoms with Gasteiger partial charge in [-0.1, -0.05) is 19.9 Å². The second kappa shape index (κ2) is 7.33. The van der Waals surface area contributed by atoms with Crippen molar-refractivity contribution in [3.8, 4) is 0 Å². The number of nitrogens with zero attached hydrogens (tertiary/aromatic N) is 4. The summed E-state index contributed by atoms with van der Waals surface area (Å²) in [6, 6.07) is 6.71. The monoisotopic (exact) mass is 287 g/mol. The van der Waals surface area contributed by atoms with E-state index in [1.807, 2.05) is 24.1 Å². The molecule has 0 radical (unpaired) electrons. The summed E-state index contributed by atoms with van der Waals surface area (Å²) in [5, 5.41) is 7.60. The Labute approximate surface area is 127 Å². The van der Waals surface area contributed by atoms with Gasteiger partial charge >= 0.3 is 0 Å². The molecule has 0 amide bonds. The molecule has 114 valence electrons. The maximum Gasteiger partial charge on any atom is 0.0547 e. The smallest absolute Gasteiger partial charge is 0.0547 e. The van der Waals surface area contributed by atoms with Crippen molar-refractivity contribution in [2.24, 2.45) is 7.05 Å². The molecule has 0 saturated carbocycles. The lowest BCUT2D eigenvalue weighted by atomic mass is 10.2. The Kier molecular flexibility index (Phi) is 5.47. The van der Waals surface area contributed by atoms with Crippen molar-refractivity contribution in [2.45, 2.75) is 39.5 Å². The van der Waals surface area contributed by atoms with Crippen molar-refractivity contribution in [3.63, 3.8) is 0 Å². The van der Waals surface area contributed by atoms with E-state index in [-0.39, 0.29) is 0 Å². The van der Waals surface area contributed by atoms with Crippen LogP contribution in [0.1, 0.15) is 30.8 Å². The number of nitrogens with one attached hydrogen (secondary N) is 1. The van der Waals surface area contributed by atoms with Crippen molar-refractivity contribution in [2.75, 3.05) is 7.05 Å². The molecule has 21 heavy (non-hydrogen) atoms. The van der Waals surface area contributed by atoms with Crippen molar-refractivity contribution in [1.29, 1.82) is 0 Å². The molecule has 1 N–H and O–H groups in total. The summed E-state index contributed by atoms with van der Waals surface area (Å²) in [6.07, 6.45) is 3.96. The number of rotatable bonds is 7. The predicted molar refractivity (Wildman–Crippen MR) is 84.6 cm³/mol. The Balaban J connectivity index is 1.91. The second-order valence-electron chi connectivity index (χ2n) is 5.85. The number of hydrogen-bond acceptors (Lipinski definition) is 4. The quantitative estimate of drug-likeness (QED) is 0.845. The number of hydrogen-bond donors (Lipinski definition) is 1. The Morgan fingerprint density at radius 3 is 2.67 bits per heavy atom. The lowest BCUT2D eigenvalue weighted by Crippen LogP contribution is -2.23. The minimum absolute atomic E-state index is 0.476. The Bertz CT molecular complexity index is 561. The van der Waals surface area contributed by atoms with Gasteiger partial charge in [-0.25, -0.2) is 0 Å². The normalized spacial score (nSPS) is 11.5. The standard InChI is InChI=1S/C16H25N5/c1-13(2)17-9-15-6-5-7-16(19-15)12-20(3)10-14-8-18-21(4)11-14/h5-8,11,13,17H,9-10,12H2,1-4H3. The first kappa shape index (κ1) is 15.7. The molecule has 2 aromatic rings. The lowest BCUT2D eigenvalue weighted by Gasteiger charge is -2.16. The highest BCUT2D eigenvalue weighted by atomic mass is 15.2. The highest BCUT2D eigenvalue weighted by Crippen LogP contribution is 2.07. The van der Waals surface area contributed by atoms with Gasteiger partial charge in [-0.2, -0.15) is 5.10 Å². The van der Waals surface area contributed by atoms with Crippen molar-refractivity contribution < 1.29 is 0 Å². The molecule has 0 atom stereocenters. The largest absolute Gasteiger partial charge is 0.309 e. The fourth-order valence-corrected chi connectivity index (χ4v) is 2.22. The molecular formula is C16H25N5. The maximum absolute atomic E-state index is 4.71. The SMILES string of the molecule is CC(C)NCc1cccc(CN(C)Cc2cnn(C)c2)n1. The van der Waals surface area contributed by atoms with Crippen LogP contribution in [0.4, 0.5) is 0 Å². The third-order valence-electron chi connectivity index (χ3n) is 3.20. The molecule has 0 bridgehead atoms. The molecule has 0 unspecified atom stereocenters. The van der Waals surface area contributed by atoms with Gasteiger partial charge in [0, 0.05) is 44.5 Å². The molecule has 5 nitrogen and oxygen atoms in total. The van der Waals surface area contributed by atoms with Gasteiger partial charge in [-0.15, -0.1) is 0 Å². The topological polar surface area (TPSA) is 46.0 Å². The van der Waals surface area contributed by atoms with Crippen LogP contribution in [-0.4, -0.2) is 32.8 Å². The summed E-state index contributed by atoms with van der Waals surface area (Å²) >= 11 is 0. The Morgan fingerprint density at radius 1 is 1.24 bits per heavy atom. The molecule has 0 aliphatic carbocycles. The van der Waals surface area contributed by atoms with Crippen LogP contribution >= 0.6 is 0 Å². The molecule has 2 aromatic heterocycles. The van der Waals surface area contributed by atoms with Crippen LogP contribution in [0, 0.1) is 0 Å². The van der Waals surface area contributed by atoms with Crippen LogP contribution in [0.15, 0.2) is 30.6 Å². The fourth-order valence-electron chi connectivity index (χ4n) is 2.22. The van der Waals surface area contributed by atoms with Crippen LogP contribution in [0.2, 0.25) is 0 Å². The van der Waals surface area contributed by atoms with Gasteiger partial charge in [0.2, 0.25) is 0 Å². The van der Waals surface area contributed by atoms with E-state index in [4.69, 9.17) is 4.98 Å². The van der Waals surface area contributed by atoms with Gasteiger partial charge in [-0.05, 0) is 19.2 Å². The zero-order chi connectivity index (χ0) is 15.2. The number of aromatic nitrogens is 3. The van der Waals surface area contributed by atoms with E-state index in [2.05, 4.69) is 54.4 Å². The predicted octanol–water partition coefficient (Wildman–Crippen LogP) is 1.95. The minimum Gasteiger partial charge on any atom is -0.309 e. The van der Waals surface area contributed by atoms with Gasteiger partial charge in [0.1, 0.15) is 0 Å². The van der Waals surface area contributed by atoms with Crippen LogP contribution in [0.25, 0.3) is 0 Å². The third-order valence-corrected chi connectivity index (χ3v) is 3.20. The summed E-state index contributed by atoms with van der Waals surface area (Å²) in [7, 11) is 4.05. The van der Waals surface area contributed by atoms with Crippen LogP contribution in [0.5, 0.6) is 0 Å². The van der Waals surface area contributed by atoms with E-state index in [1.165, 1.54) is 5.56 Å². The molecule has 0 aliphatic heterocycles. The van der Waals surface area contributed by atoms with Gasteiger partial charge in [0.25, 0.3) is 0 Å². The summed E-state index contributed by atoms with van der Waals surface area (Å²) in [4.78, 5) is 6.96. The van der Waals surface area contributed by atoms with Gasteiger partial charge in [0.05, 0.1) is 17.6 Å². The van der Waals surface area contributed by atoms with Crippen LogP contribution in [0.3, 0.4) is 0 Å². The van der Waals surface area contributed by atoms with E-state index in [9.17, 15) is 0 Å². The first-order chi connectivity index (χ1) is 10.0. The van der Waals surface area contributed by atoms with Crippen LogP contribution < -0.4 is 5.32 Å². The molecule has 2 heterocycles. The van der Waals surface area contributed by atoms with Gasteiger partial charge in [-0.3, -0.25) is 14.6 Å². The summed E-state index contributed by atoms with van der Waals surface area (Å²) < 4.78 is 1.83. The molecule has 0 spiro atoms. The number of pyridine rings is 1. The highest BCUT2D eigenvalue weighted by Gasteiger charge is 2.05. The van der Waals surface area contributed by atoms with E-state index < -0.39 is 0 Å². The van der Waals surface area contributed by atoms with Gasteiger partial charge < -0.3 is 5.32 Å². The highest BCUT2D eigenvalue weighted by molar-refractivity contribution is 5.11. The maximum atomic E-state index is 4.71. The number of aryl methyl sites for hydroxylation is 1. The Hall–Kier alpha value is -1.72. The van der Waals surface area contributed by atoms with E-state index >= 15 is 0 Å². The molecule has 5 heteroatoms. The molecule has 0 saturated heterocycles. The zero-order valence-corrected chi connectivity index (χ0v) is 13.4. The van der Waals surface area contributed by atoms with Crippen molar-refractivity contribution >= 4 is 0 Å². The Morgan fingerprint density at radius 2 is 2.00 bits per heavy atom. The molecule has 2 rings (SSSR count). The summed E-state index contributed by atoms with van der Waals surface area (Å²) in [5.41, 5.74) is 3.41. The van der Waals surface area contributed by atoms with E-state index in [0.717, 1.165) is 31.0 Å². The first-order valence-electron chi connectivity index (χ1n) is 7.37. The molecule has 0 aliphatic rings. The first-order valence-corrected chi connectivity index (χ1v) is 7.37. The van der Waals surface area contributed by atoms with Gasteiger partial charge in [0.15, 0.2) is 0 Å². The van der Waals surface area contributed by atoms with E-state index in [0.29, 0.717) is 6.04 Å². The molecular weight excluding hydrogens is 262 g/mol.